The number of hydrogen-bond donors (Lipinski definition) is 1. The fourth-order valence-electron chi connectivity index (χ4n) is 5.72. The van der Waals surface area contributed by atoms with Crippen LogP contribution in [-0.2, 0) is 74.5 Å². The summed E-state index contributed by atoms with van der Waals surface area (Å²) in [6, 6.07) is 0. The van der Waals surface area contributed by atoms with Crippen LogP contribution in [0.3, 0.4) is 0 Å². The maximum atomic E-state index is 10.3. The Bertz CT molecular complexity index is 1100. The van der Waals surface area contributed by atoms with E-state index in [1.54, 1.807) is 13.8 Å². The molecule has 48 heavy (non-hydrogen) atoms. The Morgan fingerprint density at radius 1 is 0.771 bits per heavy atom. The van der Waals surface area contributed by atoms with Gasteiger partial charge in [0.05, 0.1) is 27.1 Å². The number of rotatable bonds is 4. The van der Waals surface area contributed by atoms with Crippen molar-refractivity contribution in [1.29, 1.82) is 0 Å². The Kier molecular flexibility index (Phi) is 18.0. The monoisotopic (exact) mass is 809 g/mol. The van der Waals surface area contributed by atoms with Crippen LogP contribution in [0.15, 0.2) is 0 Å². The molecule has 6 heterocycles. The van der Waals surface area contributed by atoms with Gasteiger partial charge in [-0.15, -0.1) is 12.8 Å². The molecule has 0 aromatic carbocycles. The Balaban J connectivity index is 0.000000392. The summed E-state index contributed by atoms with van der Waals surface area (Å²) in [5.41, 5.74) is 0. The predicted molar refractivity (Wildman–Crippen MR) is 187 cm³/mol. The lowest BCUT2D eigenvalue weighted by atomic mass is 10.1. The summed E-state index contributed by atoms with van der Waals surface area (Å²) in [6.07, 6.45) is 5.81. The van der Waals surface area contributed by atoms with Crippen molar-refractivity contribution in [3.8, 4) is 24.7 Å². The van der Waals surface area contributed by atoms with Crippen molar-refractivity contribution in [1.82, 2.24) is 0 Å². The fraction of sp³-hybridized carbons (Fsp3) is 0.871. The normalized spacial score (nSPS) is 38.6. The first-order chi connectivity index (χ1) is 22.4. The van der Waals surface area contributed by atoms with Crippen molar-refractivity contribution < 1.29 is 63.0 Å². The highest BCUT2D eigenvalue weighted by molar-refractivity contribution is 9.09. The molecule has 0 aromatic rings. The van der Waals surface area contributed by atoms with Gasteiger partial charge in [-0.05, 0) is 55.4 Å². The Morgan fingerprint density at radius 3 is 1.58 bits per heavy atom. The first kappa shape index (κ1) is 44.0. The van der Waals surface area contributed by atoms with Gasteiger partial charge in [-0.2, -0.15) is 13.5 Å². The minimum atomic E-state index is -1.00. The van der Waals surface area contributed by atoms with E-state index in [4.69, 9.17) is 66.3 Å². The van der Waals surface area contributed by atoms with E-state index in [9.17, 15) is 9.50 Å². The van der Waals surface area contributed by atoms with Gasteiger partial charge in [-0.25, -0.2) is 0 Å². The van der Waals surface area contributed by atoms with E-state index >= 15 is 0 Å². The van der Waals surface area contributed by atoms with Gasteiger partial charge in [-0.3, -0.25) is 4.39 Å². The molecule has 12 nitrogen and oxygen atoms in total. The number of ether oxygens (including phenoxy) is 11. The molecule has 0 bridgehead atoms. The first-order valence-electron chi connectivity index (χ1n) is 15.5. The largest absolute Gasteiger partial charge is 0.387 e. The Morgan fingerprint density at radius 2 is 1.19 bits per heavy atom. The summed E-state index contributed by atoms with van der Waals surface area (Å²) >= 11 is 10.3. The standard InChI is InChI=1S/C15H22O6.C12H20O6.C3H3Br.CH3F.S2.H2S/c1-6-7-16-11-10(9-8-17-14(2,3)19-9)18-13-12(11)20-15(4,5)21-13;1-11(2)14-5-6(16-11)8-7(13)9-10(15-8)18-12(3,4)17-9;1-2-3-4;2*1-2;/h1,9-13H,7-8H2,2-5H3;6-10,13H,5H2,1-4H3;1H,3H2;1H3;;1H2/t9-,10+,11-,12-,13+;6-,7-,8+,9-,10+;;;;/m00..../s1/i;;;1D;;. The van der Waals surface area contributed by atoms with Gasteiger partial charge < -0.3 is 57.2 Å². The zero-order valence-corrected chi connectivity index (χ0v) is 32.7. The van der Waals surface area contributed by atoms with Gasteiger partial charge >= 0.3 is 0 Å². The lowest BCUT2D eigenvalue weighted by Crippen LogP contribution is -2.44. The highest BCUT2D eigenvalue weighted by atomic mass is 79.9. The fourth-order valence-corrected chi connectivity index (χ4v) is 5.72. The second-order valence-corrected chi connectivity index (χ2v) is 13.2. The summed E-state index contributed by atoms with van der Waals surface area (Å²) in [5, 5.41) is 10.9. The zero-order valence-electron chi connectivity index (χ0n) is 29.5. The molecule has 0 amide bonds. The summed E-state index contributed by atoms with van der Waals surface area (Å²) in [6.45, 7) is 15.7. The summed E-state index contributed by atoms with van der Waals surface area (Å²) in [7, 11) is -1.00. The highest BCUT2D eigenvalue weighted by Gasteiger charge is 2.59. The Hall–Kier alpha value is -0.160. The van der Waals surface area contributed by atoms with E-state index in [2.05, 4.69) is 50.1 Å². The van der Waals surface area contributed by atoms with Crippen molar-refractivity contribution in [3.05, 3.63) is 0 Å². The third-order valence-corrected chi connectivity index (χ3v) is 7.63. The van der Waals surface area contributed by atoms with Crippen molar-refractivity contribution in [2.45, 2.75) is 140 Å². The van der Waals surface area contributed by atoms with Crippen LogP contribution in [-0.4, -0.2) is 122 Å². The number of aliphatic hydroxyl groups excluding tert-OH is 1. The van der Waals surface area contributed by atoms with Gasteiger partial charge in [0.2, 0.25) is 0 Å². The molecule has 0 aliphatic carbocycles. The summed E-state index contributed by atoms with van der Waals surface area (Å²) in [4.78, 5) is 0. The van der Waals surface area contributed by atoms with Crippen molar-refractivity contribution in [2.75, 3.05) is 32.3 Å². The molecule has 17 heteroatoms. The SMILES string of the molecule is C#CCBr.C#CCO[C@@H]1[C@@H]2OC(C)(C)O[C@H]2O[C@@H]1[C@@H]1COC(C)(C)O1.CC1(C)O[C@H]2O[C@H]([C@@H]3COC(C)(C)O3)[C@H](O)[C@@H]2O1.S.S=S.[2H]CF. The molecular formula is C31H50BrFO12S3. The predicted octanol–water partition coefficient (Wildman–Crippen LogP) is 3.12. The average Bonchev–Trinajstić information content (AvgIpc) is 3.82. The van der Waals surface area contributed by atoms with Crippen LogP contribution >= 0.6 is 29.4 Å². The second-order valence-electron chi connectivity index (χ2n) is 12.7. The van der Waals surface area contributed by atoms with Crippen LogP contribution in [0.4, 0.5) is 4.39 Å². The zero-order chi connectivity index (χ0) is 36.5. The molecule has 6 fully saturated rings. The molecule has 6 rings (SSSR count). The second kappa shape index (κ2) is 19.6. The molecule has 10 atom stereocenters. The van der Waals surface area contributed by atoms with Crippen molar-refractivity contribution in [3.63, 3.8) is 0 Å². The topological polar surface area (TPSA) is 122 Å². The molecular weight excluding hydrogens is 759 g/mol. The average molecular weight is 811 g/mol. The van der Waals surface area contributed by atoms with E-state index in [0.29, 0.717) is 18.5 Å². The van der Waals surface area contributed by atoms with Gasteiger partial charge in [0.1, 0.15) is 55.4 Å². The number of halogens is 2. The molecule has 1 N–H and O–H groups in total. The van der Waals surface area contributed by atoms with Crippen LogP contribution in [0, 0.1) is 24.7 Å². The van der Waals surface area contributed by atoms with E-state index in [1.165, 1.54) is 0 Å². The van der Waals surface area contributed by atoms with E-state index in [0.717, 1.165) is 0 Å². The van der Waals surface area contributed by atoms with Crippen LogP contribution in [0.5, 0.6) is 0 Å². The number of alkyl halides is 2. The quantitative estimate of drug-likeness (QED) is 0.331. The smallest absolute Gasteiger partial charge is 0.190 e. The Labute approximate surface area is 310 Å². The van der Waals surface area contributed by atoms with Gasteiger partial charge in [0.15, 0.2) is 35.7 Å². The van der Waals surface area contributed by atoms with Crippen LogP contribution in [0.25, 0.3) is 0 Å². The van der Waals surface area contributed by atoms with Crippen LogP contribution in [0.1, 0.15) is 56.8 Å². The molecule has 0 saturated carbocycles. The summed E-state index contributed by atoms with van der Waals surface area (Å²) in [5.74, 6) is 2.16. The lowest BCUT2D eigenvalue weighted by molar-refractivity contribution is -0.235. The lowest BCUT2D eigenvalue weighted by Gasteiger charge is -2.28. The first-order valence-corrected chi connectivity index (χ1v) is 17.3. The van der Waals surface area contributed by atoms with Crippen molar-refractivity contribution in [2.24, 2.45) is 0 Å². The van der Waals surface area contributed by atoms with Crippen molar-refractivity contribution >= 4 is 51.8 Å². The molecule has 6 aliphatic rings. The summed E-state index contributed by atoms with van der Waals surface area (Å²) < 4.78 is 78.4. The molecule has 0 spiro atoms. The molecule has 6 aliphatic heterocycles. The molecule has 0 radical (unpaired) electrons. The van der Waals surface area contributed by atoms with Crippen LogP contribution < -0.4 is 0 Å². The number of fused-ring (bicyclic) bond motifs is 2. The third-order valence-electron chi connectivity index (χ3n) is 7.31. The van der Waals surface area contributed by atoms with Gasteiger partial charge in [-0.1, -0.05) is 27.8 Å². The third kappa shape index (κ3) is 12.2. The number of aliphatic hydroxyl groups is 1. The van der Waals surface area contributed by atoms with E-state index in [-0.39, 0.29) is 50.6 Å². The van der Waals surface area contributed by atoms with E-state index in [1.807, 2.05) is 41.5 Å². The number of hydrogen-bond acceptors (Lipinski definition) is 14. The maximum Gasteiger partial charge on any atom is 0.190 e. The molecule has 0 unspecified atom stereocenters. The molecule has 0 aromatic heterocycles. The minimum Gasteiger partial charge on any atom is -0.387 e. The van der Waals surface area contributed by atoms with Crippen LogP contribution in [0.2, 0.25) is 0 Å². The van der Waals surface area contributed by atoms with Gasteiger partial charge in [0, 0.05) is 22.4 Å². The molecule has 6 saturated heterocycles. The molecule has 278 valence electrons. The highest BCUT2D eigenvalue weighted by Crippen LogP contribution is 2.42. The number of terminal acetylenes is 2. The van der Waals surface area contributed by atoms with Gasteiger partial charge in [0.25, 0.3) is 0 Å². The van der Waals surface area contributed by atoms with E-state index < -0.39 is 61.2 Å². The maximum absolute atomic E-state index is 10.3. The minimum absolute atomic E-state index is 0.